The minimum Gasteiger partial charge on any atom is -0.494 e. The van der Waals surface area contributed by atoms with E-state index in [2.05, 4.69) is 10.2 Å². The fraction of sp³-hybridized carbons (Fsp3) is 0.571. The number of ether oxygens (including phenoxy) is 1. The molecule has 18 heavy (non-hydrogen) atoms. The van der Waals surface area contributed by atoms with E-state index in [4.69, 9.17) is 4.74 Å². The Balaban J connectivity index is 1.70. The molecule has 98 valence electrons. The molecular weight excluding hydrogens is 231 g/mol. The molecule has 1 aromatic carbocycles. The van der Waals surface area contributed by atoms with E-state index in [0.29, 0.717) is 17.7 Å². The van der Waals surface area contributed by atoms with Crippen molar-refractivity contribution >= 4 is 5.69 Å². The third-order valence-corrected chi connectivity index (χ3v) is 4.14. The molecule has 3 rings (SSSR count). The lowest BCUT2D eigenvalue weighted by Crippen LogP contribution is -2.39. The Kier molecular flexibility index (Phi) is 3.12. The fourth-order valence-corrected chi connectivity index (χ4v) is 3.11. The summed E-state index contributed by atoms with van der Waals surface area (Å²) in [7, 11) is 1.49. The van der Waals surface area contributed by atoms with E-state index < -0.39 is 0 Å². The van der Waals surface area contributed by atoms with Gasteiger partial charge in [0.25, 0.3) is 0 Å². The van der Waals surface area contributed by atoms with Crippen molar-refractivity contribution in [3.05, 3.63) is 24.0 Å². The third kappa shape index (κ3) is 2.17. The normalized spacial score (nSPS) is 30.2. The Bertz CT molecular complexity index is 438. The Morgan fingerprint density at radius 2 is 2.17 bits per heavy atom. The predicted octanol–water partition coefficient (Wildman–Crippen LogP) is 2.34. The minimum atomic E-state index is -0.300. The second kappa shape index (κ2) is 4.76. The van der Waals surface area contributed by atoms with Gasteiger partial charge in [0.05, 0.1) is 7.11 Å². The van der Waals surface area contributed by atoms with Gasteiger partial charge in [0.1, 0.15) is 0 Å². The zero-order chi connectivity index (χ0) is 12.5. The van der Waals surface area contributed by atoms with Crippen molar-refractivity contribution in [3.63, 3.8) is 0 Å². The molecule has 0 radical (unpaired) electrons. The molecule has 0 saturated carbocycles. The van der Waals surface area contributed by atoms with Crippen LogP contribution in [0.3, 0.4) is 0 Å². The molecule has 3 atom stereocenters. The molecule has 2 aliphatic rings. The van der Waals surface area contributed by atoms with E-state index >= 15 is 0 Å². The van der Waals surface area contributed by atoms with Crippen molar-refractivity contribution in [3.8, 4) is 5.75 Å². The summed E-state index contributed by atoms with van der Waals surface area (Å²) in [5.41, 5.74) is 0.860. The topological polar surface area (TPSA) is 24.5 Å². The van der Waals surface area contributed by atoms with Gasteiger partial charge in [0.2, 0.25) is 0 Å². The van der Waals surface area contributed by atoms with E-state index in [1.165, 1.54) is 32.7 Å². The van der Waals surface area contributed by atoms with Gasteiger partial charge in [-0.05, 0) is 37.4 Å². The maximum absolute atomic E-state index is 13.6. The molecule has 2 saturated heterocycles. The third-order valence-electron chi connectivity index (χ3n) is 4.14. The number of fused-ring (bicyclic) bond motifs is 2. The lowest BCUT2D eigenvalue weighted by molar-refractivity contribution is 0.255. The van der Waals surface area contributed by atoms with Crippen molar-refractivity contribution in [2.24, 2.45) is 5.92 Å². The van der Waals surface area contributed by atoms with Gasteiger partial charge in [-0.2, -0.15) is 0 Å². The molecule has 1 N–H and O–H groups in total. The minimum absolute atomic E-state index is 0.300. The van der Waals surface area contributed by atoms with Crippen molar-refractivity contribution in [1.82, 2.24) is 4.90 Å². The first kappa shape index (κ1) is 11.8. The van der Waals surface area contributed by atoms with Crippen molar-refractivity contribution in [1.29, 1.82) is 0 Å². The quantitative estimate of drug-likeness (QED) is 0.891. The number of rotatable bonds is 3. The predicted molar refractivity (Wildman–Crippen MR) is 69.5 cm³/mol. The molecule has 2 fully saturated rings. The summed E-state index contributed by atoms with van der Waals surface area (Å²) in [6, 6.07) is 5.58. The summed E-state index contributed by atoms with van der Waals surface area (Å²) in [4.78, 5) is 2.51. The number of piperidine rings is 1. The van der Waals surface area contributed by atoms with Gasteiger partial charge >= 0.3 is 0 Å². The average molecular weight is 250 g/mol. The second-order valence-electron chi connectivity index (χ2n) is 5.24. The van der Waals surface area contributed by atoms with Gasteiger partial charge in [-0.15, -0.1) is 0 Å². The fourth-order valence-electron chi connectivity index (χ4n) is 3.11. The van der Waals surface area contributed by atoms with Crippen molar-refractivity contribution in [2.75, 3.05) is 32.1 Å². The number of anilines is 1. The van der Waals surface area contributed by atoms with E-state index in [9.17, 15) is 4.39 Å². The first-order valence-electron chi connectivity index (χ1n) is 6.58. The van der Waals surface area contributed by atoms with Crippen LogP contribution in [-0.2, 0) is 0 Å². The molecule has 2 bridgehead atoms. The van der Waals surface area contributed by atoms with Gasteiger partial charge in [-0.25, -0.2) is 4.39 Å². The lowest BCUT2D eigenvalue weighted by atomic mass is 9.94. The Morgan fingerprint density at radius 3 is 2.94 bits per heavy atom. The number of hydrogen-bond donors (Lipinski definition) is 1. The summed E-state index contributed by atoms with van der Waals surface area (Å²) in [5, 5.41) is 3.48. The highest BCUT2D eigenvalue weighted by Gasteiger charge is 2.34. The number of nitrogens with zero attached hydrogens (tertiary/aromatic N) is 1. The highest BCUT2D eigenvalue weighted by molar-refractivity contribution is 5.48. The van der Waals surface area contributed by atoms with Crippen LogP contribution in [0.15, 0.2) is 18.2 Å². The van der Waals surface area contributed by atoms with Crippen molar-refractivity contribution in [2.45, 2.75) is 18.9 Å². The molecule has 0 aromatic heterocycles. The van der Waals surface area contributed by atoms with Gasteiger partial charge in [0.15, 0.2) is 11.6 Å². The monoisotopic (exact) mass is 250 g/mol. The number of methoxy groups -OCH3 is 1. The summed E-state index contributed by atoms with van der Waals surface area (Å²) in [6.07, 6.45) is 2.41. The summed E-state index contributed by atoms with van der Waals surface area (Å²) >= 11 is 0. The van der Waals surface area contributed by atoms with Gasteiger partial charge < -0.3 is 15.0 Å². The first-order chi connectivity index (χ1) is 8.76. The summed E-state index contributed by atoms with van der Waals surface area (Å²) in [6.45, 7) is 3.57. The number of nitrogens with one attached hydrogen (secondary N) is 1. The summed E-state index contributed by atoms with van der Waals surface area (Å²) in [5.74, 6) is 0.714. The maximum Gasteiger partial charge on any atom is 0.167 e. The second-order valence-corrected chi connectivity index (χ2v) is 5.24. The van der Waals surface area contributed by atoms with E-state index in [-0.39, 0.29) is 5.82 Å². The molecule has 4 heteroatoms. The van der Waals surface area contributed by atoms with Crippen LogP contribution in [0.5, 0.6) is 5.75 Å². The van der Waals surface area contributed by atoms with E-state index in [1.54, 1.807) is 6.07 Å². The van der Waals surface area contributed by atoms with Crippen molar-refractivity contribution < 1.29 is 9.13 Å². The van der Waals surface area contributed by atoms with Crippen LogP contribution in [0.25, 0.3) is 0 Å². The molecule has 0 aliphatic carbocycles. The average Bonchev–Trinajstić information content (AvgIpc) is 2.76. The van der Waals surface area contributed by atoms with Crippen LogP contribution in [0.4, 0.5) is 10.1 Å². The van der Waals surface area contributed by atoms with Gasteiger partial charge in [-0.1, -0.05) is 0 Å². The van der Waals surface area contributed by atoms with Crippen LogP contribution in [-0.4, -0.2) is 37.7 Å². The highest BCUT2D eigenvalue weighted by Crippen LogP contribution is 2.30. The van der Waals surface area contributed by atoms with Crippen LogP contribution < -0.4 is 10.1 Å². The van der Waals surface area contributed by atoms with Gasteiger partial charge in [0, 0.05) is 30.9 Å². The lowest BCUT2D eigenvalue weighted by Gasteiger charge is -2.31. The van der Waals surface area contributed by atoms with Crippen LogP contribution >= 0.6 is 0 Å². The van der Waals surface area contributed by atoms with E-state index in [1.807, 2.05) is 6.07 Å². The first-order valence-corrected chi connectivity index (χ1v) is 6.58. The summed E-state index contributed by atoms with van der Waals surface area (Å²) < 4.78 is 18.5. The largest absolute Gasteiger partial charge is 0.494 e. The smallest absolute Gasteiger partial charge is 0.167 e. The molecule has 3 unspecified atom stereocenters. The zero-order valence-corrected chi connectivity index (χ0v) is 10.7. The number of hydrogen-bond acceptors (Lipinski definition) is 3. The van der Waals surface area contributed by atoms with E-state index in [0.717, 1.165) is 18.7 Å². The Morgan fingerprint density at radius 1 is 1.33 bits per heavy atom. The molecule has 0 amide bonds. The highest BCUT2D eigenvalue weighted by atomic mass is 19.1. The molecular formula is C14H19FN2O. The number of benzene rings is 1. The SMILES string of the molecule is COc1ccc(NC2CCN3CCC2C3)cc1F. The molecule has 1 aromatic rings. The molecule has 0 spiro atoms. The Labute approximate surface area is 107 Å². The zero-order valence-electron chi connectivity index (χ0n) is 10.7. The standard InChI is InChI=1S/C14H19FN2O/c1-18-14-3-2-11(8-12(14)15)16-13-5-7-17-6-4-10(13)9-17/h2-3,8,10,13,16H,4-7,9H2,1H3. The van der Waals surface area contributed by atoms with Gasteiger partial charge in [-0.3, -0.25) is 0 Å². The van der Waals surface area contributed by atoms with Crippen LogP contribution in [0.1, 0.15) is 12.8 Å². The Hall–Kier alpha value is -1.29. The molecule has 2 heterocycles. The molecule has 2 aliphatic heterocycles. The molecule has 3 nitrogen and oxygen atoms in total. The van der Waals surface area contributed by atoms with Crippen LogP contribution in [0.2, 0.25) is 0 Å². The van der Waals surface area contributed by atoms with Crippen LogP contribution in [0, 0.1) is 11.7 Å². The number of halogens is 1. The maximum atomic E-state index is 13.6.